The number of rotatable bonds is 4. The van der Waals surface area contributed by atoms with Crippen LogP contribution < -0.4 is 5.32 Å². The Balaban J connectivity index is 1.50. The third-order valence-corrected chi connectivity index (χ3v) is 4.15. The Labute approximate surface area is 139 Å². The van der Waals surface area contributed by atoms with Crippen LogP contribution in [-0.4, -0.2) is 5.91 Å². The summed E-state index contributed by atoms with van der Waals surface area (Å²) in [5, 5.41) is 5.10. The van der Waals surface area contributed by atoms with E-state index in [2.05, 4.69) is 5.32 Å². The summed E-state index contributed by atoms with van der Waals surface area (Å²) in [4.78, 5) is 12.2. The predicted octanol–water partition coefficient (Wildman–Crippen LogP) is 5.16. The topological polar surface area (TPSA) is 42.2 Å². The highest BCUT2D eigenvalue weighted by Gasteiger charge is 2.08. The van der Waals surface area contributed by atoms with Crippen molar-refractivity contribution in [1.29, 1.82) is 0 Å². The number of nitrogens with one attached hydrogen (secondary N) is 1. The van der Waals surface area contributed by atoms with Crippen LogP contribution in [0.3, 0.4) is 0 Å². The smallest absolute Gasteiger partial charge is 0.224 e. The van der Waals surface area contributed by atoms with Crippen molar-refractivity contribution in [2.24, 2.45) is 0 Å². The second kappa shape index (κ2) is 6.20. The number of aryl methyl sites for hydroxylation is 1. The fourth-order valence-corrected chi connectivity index (χ4v) is 2.93. The number of hydrogen-bond donors (Lipinski definition) is 1. The van der Waals surface area contributed by atoms with E-state index >= 15 is 0 Å². The molecule has 1 amide bonds. The first-order chi connectivity index (χ1) is 11.8. The Morgan fingerprint density at radius 3 is 2.46 bits per heavy atom. The Morgan fingerprint density at radius 2 is 1.58 bits per heavy atom. The molecule has 3 nitrogen and oxygen atoms in total. The molecule has 0 aliphatic heterocycles. The van der Waals surface area contributed by atoms with Gasteiger partial charge in [0.2, 0.25) is 5.91 Å². The van der Waals surface area contributed by atoms with Crippen LogP contribution in [0.2, 0.25) is 0 Å². The lowest BCUT2D eigenvalue weighted by Gasteiger charge is -2.05. The minimum atomic E-state index is 0.00862. The summed E-state index contributed by atoms with van der Waals surface area (Å²) in [6, 6.07) is 23.8. The number of fused-ring (bicyclic) bond motifs is 3. The molecule has 118 valence electrons. The van der Waals surface area contributed by atoms with Gasteiger partial charge in [0, 0.05) is 28.9 Å². The van der Waals surface area contributed by atoms with E-state index < -0.39 is 0 Å². The first kappa shape index (κ1) is 14.5. The second-order valence-corrected chi connectivity index (χ2v) is 5.84. The summed E-state index contributed by atoms with van der Waals surface area (Å²) in [6.07, 6.45) is 1.20. The quantitative estimate of drug-likeness (QED) is 0.565. The minimum Gasteiger partial charge on any atom is -0.456 e. The van der Waals surface area contributed by atoms with E-state index in [0.717, 1.165) is 34.0 Å². The molecule has 0 atom stereocenters. The molecule has 0 aliphatic rings. The third-order valence-electron chi connectivity index (χ3n) is 4.15. The van der Waals surface area contributed by atoms with Crippen LogP contribution in [0, 0.1) is 0 Å². The van der Waals surface area contributed by atoms with Crippen LogP contribution in [-0.2, 0) is 11.2 Å². The molecule has 0 aliphatic carbocycles. The van der Waals surface area contributed by atoms with Gasteiger partial charge in [0.25, 0.3) is 0 Å². The van der Waals surface area contributed by atoms with Crippen molar-refractivity contribution < 1.29 is 9.21 Å². The molecule has 4 aromatic rings. The molecule has 0 unspecified atom stereocenters. The lowest BCUT2D eigenvalue weighted by Crippen LogP contribution is -2.12. The molecule has 3 aromatic carbocycles. The number of para-hydroxylation sites is 1. The van der Waals surface area contributed by atoms with Crippen molar-refractivity contribution in [3.05, 3.63) is 78.4 Å². The largest absolute Gasteiger partial charge is 0.456 e. The first-order valence-corrected chi connectivity index (χ1v) is 8.05. The van der Waals surface area contributed by atoms with Crippen molar-refractivity contribution in [2.45, 2.75) is 12.8 Å². The number of amides is 1. The molecule has 0 fully saturated rings. The van der Waals surface area contributed by atoms with Gasteiger partial charge < -0.3 is 9.73 Å². The molecule has 24 heavy (non-hydrogen) atoms. The zero-order chi connectivity index (χ0) is 16.4. The third kappa shape index (κ3) is 2.88. The fourth-order valence-electron chi connectivity index (χ4n) is 2.93. The van der Waals surface area contributed by atoms with Crippen LogP contribution in [0.5, 0.6) is 0 Å². The molecule has 4 rings (SSSR count). The van der Waals surface area contributed by atoms with E-state index in [1.54, 1.807) is 0 Å². The predicted molar refractivity (Wildman–Crippen MR) is 97.1 cm³/mol. The van der Waals surface area contributed by atoms with Crippen LogP contribution in [0.4, 0.5) is 5.69 Å². The van der Waals surface area contributed by atoms with Gasteiger partial charge in [0.1, 0.15) is 11.2 Å². The van der Waals surface area contributed by atoms with E-state index in [4.69, 9.17) is 4.42 Å². The molecule has 1 N–H and O–H groups in total. The molecule has 0 saturated carbocycles. The lowest BCUT2D eigenvalue weighted by molar-refractivity contribution is -0.116. The van der Waals surface area contributed by atoms with E-state index in [1.165, 1.54) is 5.56 Å². The highest BCUT2D eigenvalue weighted by Crippen LogP contribution is 2.30. The van der Waals surface area contributed by atoms with Gasteiger partial charge in [-0.15, -0.1) is 0 Å². The molecular weight excluding hydrogens is 298 g/mol. The Bertz CT molecular complexity index is 1000. The molecular formula is C21H17NO2. The summed E-state index contributed by atoms with van der Waals surface area (Å²) in [5.41, 5.74) is 3.58. The molecule has 1 heterocycles. The molecule has 0 spiro atoms. The number of furan rings is 1. The van der Waals surface area contributed by atoms with Gasteiger partial charge in [0.05, 0.1) is 0 Å². The molecule has 0 saturated heterocycles. The van der Waals surface area contributed by atoms with Crippen LogP contribution in [0.1, 0.15) is 12.0 Å². The Kier molecular flexibility index (Phi) is 3.75. The van der Waals surface area contributed by atoms with Crippen LogP contribution >= 0.6 is 0 Å². The van der Waals surface area contributed by atoms with Crippen LogP contribution in [0.15, 0.2) is 77.2 Å². The van der Waals surface area contributed by atoms with Crippen LogP contribution in [0.25, 0.3) is 21.9 Å². The SMILES string of the molecule is O=C(CCc1ccccc1)Nc1ccc2c(c1)oc1ccccc12. The molecule has 3 heteroatoms. The van der Waals surface area contributed by atoms with Gasteiger partial charge in [-0.25, -0.2) is 0 Å². The highest BCUT2D eigenvalue weighted by atomic mass is 16.3. The van der Waals surface area contributed by atoms with Crippen molar-refractivity contribution in [2.75, 3.05) is 5.32 Å². The van der Waals surface area contributed by atoms with Crippen molar-refractivity contribution in [3.63, 3.8) is 0 Å². The van der Waals surface area contributed by atoms with E-state index in [1.807, 2.05) is 72.8 Å². The first-order valence-electron chi connectivity index (χ1n) is 8.05. The van der Waals surface area contributed by atoms with Gasteiger partial charge in [0.15, 0.2) is 0 Å². The van der Waals surface area contributed by atoms with Crippen molar-refractivity contribution in [3.8, 4) is 0 Å². The average Bonchev–Trinajstić information content (AvgIpc) is 2.98. The van der Waals surface area contributed by atoms with Gasteiger partial charge >= 0.3 is 0 Å². The maximum Gasteiger partial charge on any atom is 0.224 e. The zero-order valence-corrected chi connectivity index (χ0v) is 13.2. The average molecular weight is 315 g/mol. The zero-order valence-electron chi connectivity index (χ0n) is 13.2. The van der Waals surface area contributed by atoms with Gasteiger partial charge in [-0.3, -0.25) is 4.79 Å². The maximum absolute atomic E-state index is 12.2. The summed E-state index contributed by atoms with van der Waals surface area (Å²) in [5.74, 6) is 0.00862. The number of anilines is 1. The van der Waals surface area contributed by atoms with E-state index in [-0.39, 0.29) is 5.91 Å². The summed E-state index contributed by atoms with van der Waals surface area (Å²) < 4.78 is 5.85. The van der Waals surface area contributed by atoms with Gasteiger partial charge in [-0.05, 0) is 30.2 Å². The number of carbonyl (C=O) groups is 1. The normalized spacial score (nSPS) is 11.0. The summed E-state index contributed by atoms with van der Waals surface area (Å²) >= 11 is 0. The van der Waals surface area contributed by atoms with Gasteiger partial charge in [-0.1, -0.05) is 48.5 Å². The van der Waals surface area contributed by atoms with Crippen molar-refractivity contribution >= 4 is 33.5 Å². The lowest BCUT2D eigenvalue weighted by atomic mass is 10.1. The monoisotopic (exact) mass is 315 g/mol. The molecule has 0 radical (unpaired) electrons. The second-order valence-electron chi connectivity index (χ2n) is 5.84. The standard InChI is InChI=1S/C21H17NO2/c23-21(13-10-15-6-2-1-3-7-15)22-16-11-12-18-17-8-4-5-9-19(17)24-20(18)14-16/h1-9,11-12,14H,10,13H2,(H,22,23). The van der Waals surface area contributed by atoms with Gasteiger partial charge in [-0.2, -0.15) is 0 Å². The number of benzene rings is 3. The molecule has 0 bridgehead atoms. The maximum atomic E-state index is 12.2. The number of carbonyl (C=O) groups excluding carboxylic acids is 1. The van der Waals surface area contributed by atoms with Crippen molar-refractivity contribution in [1.82, 2.24) is 0 Å². The molecule has 1 aromatic heterocycles. The fraction of sp³-hybridized carbons (Fsp3) is 0.0952. The van der Waals surface area contributed by atoms with E-state index in [9.17, 15) is 4.79 Å². The Hall–Kier alpha value is -3.07. The summed E-state index contributed by atoms with van der Waals surface area (Å²) in [6.45, 7) is 0. The minimum absolute atomic E-state index is 0.00862. The Morgan fingerprint density at radius 1 is 0.833 bits per heavy atom. The summed E-state index contributed by atoms with van der Waals surface area (Å²) in [7, 11) is 0. The highest BCUT2D eigenvalue weighted by molar-refractivity contribution is 6.06. The van der Waals surface area contributed by atoms with E-state index in [0.29, 0.717) is 6.42 Å². The number of hydrogen-bond acceptors (Lipinski definition) is 2.